The molecule has 46 heavy (non-hydrogen) atoms. The van der Waals surface area contributed by atoms with E-state index in [1.54, 1.807) is 42.4 Å². The molecule has 0 radical (unpaired) electrons. The molecule has 4 rings (SSSR count). The molecule has 242 valence electrons. The van der Waals surface area contributed by atoms with Crippen LogP contribution in [0.15, 0.2) is 78.4 Å². The van der Waals surface area contributed by atoms with E-state index in [0.717, 1.165) is 27.9 Å². The predicted molar refractivity (Wildman–Crippen MR) is 187 cm³/mol. The maximum Gasteiger partial charge on any atom is 0.407 e. The summed E-state index contributed by atoms with van der Waals surface area (Å²) in [6.07, 6.45) is 5.43. The van der Waals surface area contributed by atoms with Gasteiger partial charge in [0, 0.05) is 40.9 Å². The van der Waals surface area contributed by atoms with Crippen molar-refractivity contribution in [1.29, 1.82) is 0 Å². The number of hydrogen-bond donors (Lipinski definition) is 3. The molecule has 0 unspecified atom stereocenters. The van der Waals surface area contributed by atoms with E-state index < -0.39 is 23.2 Å². The number of rotatable bonds is 12. The second kappa shape index (κ2) is 15.4. The van der Waals surface area contributed by atoms with Gasteiger partial charge >= 0.3 is 6.09 Å². The number of nitrogens with zero attached hydrogens (tertiary/aromatic N) is 2. The highest BCUT2D eigenvalue weighted by atomic mass is 32.2. The van der Waals surface area contributed by atoms with Gasteiger partial charge in [-0.2, -0.15) is 11.8 Å². The van der Waals surface area contributed by atoms with Crippen molar-refractivity contribution in [3.8, 4) is 22.4 Å². The average Bonchev–Trinajstić information content (AvgIpc) is 3.50. The monoisotopic (exact) mass is 659 g/mol. The minimum absolute atomic E-state index is 0.315. The van der Waals surface area contributed by atoms with Crippen LogP contribution in [-0.4, -0.2) is 58.1 Å². The van der Waals surface area contributed by atoms with E-state index in [1.165, 1.54) is 11.3 Å². The Balaban J connectivity index is 1.42. The standard InChI is InChI=1S/C35H41N5O4S2/c1-34(2,3)44-33(43)37-22-35(4,5)27-12-8-11-26(20-27)30(41)38-28(15-18-45-6)31(42)40-32-39-29(21-46-32)25-10-7-9-24(19-25)23-13-16-36-17-14-23/h7-14,16-17,19-21,28H,15,18,22H2,1-6H3,(H,37,43)(H,38,41)(H,39,40,42)/t28-/m0/s1. The number of amides is 3. The van der Waals surface area contributed by atoms with Crippen molar-refractivity contribution in [2.45, 2.75) is 58.1 Å². The first-order valence-corrected chi connectivity index (χ1v) is 17.3. The van der Waals surface area contributed by atoms with Crippen molar-refractivity contribution < 1.29 is 19.1 Å². The molecule has 2 aromatic carbocycles. The smallest absolute Gasteiger partial charge is 0.407 e. The normalized spacial score (nSPS) is 12.2. The molecule has 1 atom stereocenters. The van der Waals surface area contributed by atoms with Crippen LogP contribution in [0.3, 0.4) is 0 Å². The summed E-state index contributed by atoms with van der Waals surface area (Å²) in [5, 5.41) is 11.0. The number of ether oxygens (including phenoxy) is 1. The van der Waals surface area contributed by atoms with E-state index in [4.69, 9.17) is 4.74 Å². The fraction of sp³-hybridized carbons (Fsp3) is 0.343. The molecule has 0 saturated carbocycles. The maximum atomic E-state index is 13.4. The molecule has 3 N–H and O–H groups in total. The number of pyridine rings is 1. The Morgan fingerprint density at radius 3 is 2.37 bits per heavy atom. The molecule has 2 aromatic heterocycles. The van der Waals surface area contributed by atoms with Gasteiger partial charge in [0.15, 0.2) is 5.13 Å². The first kappa shape index (κ1) is 34.6. The third-order valence-electron chi connectivity index (χ3n) is 7.12. The number of anilines is 1. The van der Waals surface area contributed by atoms with Crippen molar-refractivity contribution in [2.24, 2.45) is 0 Å². The van der Waals surface area contributed by atoms with Gasteiger partial charge in [0.05, 0.1) is 5.69 Å². The van der Waals surface area contributed by atoms with Gasteiger partial charge in [-0.3, -0.25) is 14.6 Å². The zero-order valence-corrected chi connectivity index (χ0v) is 28.7. The van der Waals surface area contributed by atoms with Gasteiger partial charge in [0.25, 0.3) is 5.91 Å². The molecular weight excluding hydrogens is 619 g/mol. The Kier molecular flexibility index (Phi) is 11.6. The number of carbonyl (C=O) groups excluding carboxylic acids is 3. The molecule has 0 fully saturated rings. The van der Waals surface area contributed by atoms with Crippen molar-refractivity contribution >= 4 is 46.1 Å². The summed E-state index contributed by atoms with van der Waals surface area (Å²) in [4.78, 5) is 47.8. The van der Waals surface area contributed by atoms with Gasteiger partial charge in [-0.1, -0.05) is 44.2 Å². The Hall–Kier alpha value is -4.22. The number of hydrogen-bond acceptors (Lipinski definition) is 8. The molecule has 0 saturated heterocycles. The lowest BCUT2D eigenvalue weighted by molar-refractivity contribution is -0.118. The van der Waals surface area contributed by atoms with E-state index in [9.17, 15) is 14.4 Å². The van der Waals surface area contributed by atoms with Crippen molar-refractivity contribution in [3.63, 3.8) is 0 Å². The largest absolute Gasteiger partial charge is 0.444 e. The fourth-order valence-corrected chi connectivity index (χ4v) is 5.79. The molecule has 4 aromatic rings. The van der Waals surface area contributed by atoms with Crippen LogP contribution in [-0.2, 0) is 14.9 Å². The van der Waals surface area contributed by atoms with Crippen LogP contribution in [0, 0.1) is 0 Å². The summed E-state index contributed by atoms with van der Waals surface area (Å²) in [5.74, 6) is 0.00538. The zero-order valence-electron chi connectivity index (χ0n) is 27.0. The van der Waals surface area contributed by atoms with Gasteiger partial charge in [-0.05, 0) is 86.2 Å². The minimum Gasteiger partial charge on any atom is -0.444 e. The minimum atomic E-state index is -0.757. The summed E-state index contributed by atoms with van der Waals surface area (Å²) in [7, 11) is 0. The van der Waals surface area contributed by atoms with Gasteiger partial charge in [-0.15, -0.1) is 11.3 Å². The van der Waals surface area contributed by atoms with Crippen LogP contribution in [0.5, 0.6) is 0 Å². The molecule has 0 aliphatic carbocycles. The Morgan fingerprint density at radius 2 is 1.65 bits per heavy atom. The first-order valence-electron chi connectivity index (χ1n) is 15.0. The second-order valence-corrected chi connectivity index (χ2v) is 14.3. The number of thioether (sulfide) groups is 1. The quantitative estimate of drug-likeness (QED) is 0.147. The Bertz CT molecular complexity index is 1650. The van der Waals surface area contributed by atoms with E-state index in [2.05, 4.69) is 32.0 Å². The topological polar surface area (TPSA) is 122 Å². The summed E-state index contributed by atoms with van der Waals surface area (Å²) >= 11 is 2.94. The van der Waals surface area contributed by atoms with E-state index in [1.807, 2.05) is 82.7 Å². The summed E-state index contributed by atoms with van der Waals surface area (Å²) in [6.45, 7) is 9.71. The van der Waals surface area contributed by atoms with Gasteiger partial charge in [0.1, 0.15) is 11.6 Å². The van der Waals surface area contributed by atoms with Crippen LogP contribution < -0.4 is 16.0 Å². The molecule has 3 amide bonds. The van der Waals surface area contributed by atoms with Crippen LogP contribution >= 0.6 is 23.1 Å². The third kappa shape index (κ3) is 9.89. The zero-order chi connectivity index (χ0) is 33.3. The van der Waals surface area contributed by atoms with Crippen molar-refractivity contribution in [3.05, 3.63) is 89.6 Å². The van der Waals surface area contributed by atoms with E-state index >= 15 is 0 Å². The van der Waals surface area contributed by atoms with Crippen LogP contribution in [0.25, 0.3) is 22.4 Å². The number of thiazole rings is 1. The Morgan fingerprint density at radius 1 is 0.935 bits per heavy atom. The van der Waals surface area contributed by atoms with Crippen LogP contribution in [0.4, 0.5) is 9.93 Å². The number of nitrogens with one attached hydrogen (secondary N) is 3. The van der Waals surface area contributed by atoms with Crippen LogP contribution in [0.2, 0.25) is 0 Å². The van der Waals surface area contributed by atoms with Crippen molar-refractivity contribution in [2.75, 3.05) is 23.9 Å². The molecule has 0 spiro atoms. The highest BCUT2D eigenvalue weighted by Crippen LogP contribution is 2.29. The predicted octanol–water partition coefficient (Wildman–Crippen LogP) is 7.16. The summed E-state index contributed by atoms with van der Waals surface area (Å²) < 4.78 is 5.36. The molecule has 11 heteroatoms. The SMILES string of the molecule is CSCC[C@H](NC(=O)c1cccc(C(C)(C)CNC(=O)OC(C)(C)C)c1)C(=O)Nc1nc(-c2cccc(-c3ccncc3)c2)cs1. The van der Waals surface area contributed by atoms with Gasteiger partial charge in [-0.25, -0.2) is 9.78 Å². The van der Waals surface area contributed by atoms with Gasteiger partial charge in [0.2, 0.25) is 5.91 Å². The summed E-state index contributed by atoms with van der Waals surface area (Å²) in [5.41, 5.74) is 4.00. The fourth-order valence-electron chi connectivity index (χ4n) is 4.60. The van der Waals surface area contributed by atoms with Crippen LogP contribution in [0.1, 0.15) is 57.0 Å². The molecule has 0 aliphatic rings. The Labute approximate surface area is 279 Å². The van der Waals surface area contributed by atoms with Crippen molar-refractivity contribution in [1.82, 2.24) is 20.6 Å². The molecular formula is C35H41N5O4S2. The summed E-state index contributed by atoms with van der Waals surface area (Å²) in [6, 6.07) is 18.4. The highest BCUT2D eigenvalue weighted by Gasteiger charge is 2.26. The number of aromatic nitrogens is 2. The molecule has 2 heterocycles. The first-order chi connectivity index (χ1) is 21.8. The molecule has 9 nitrogen and oxygen atoms in total. The van der Waals surface area contributed by atoms with E-state index in [-0.39, 0.29) is 11.8 Å². The number of carbonyl (C=O) groups is 3. The molecule has 0 bridgehead atoms. The third-order valence-corrected chi connectivity index (χ3v) is 8.52. The average molecular weight is 660 g/mol. The van der Waals surface area contributed by atoms with E-state index in [0.29, 0.717) is 29.4 Å². The van der Waals surface area contributed by atoms with Gasteiger partial charge < -0.3 is 20.7 Å². The lowest BCUT2D eigenvalue weighted by atomic mass is 9.83. The lowest BCUT2D eigenvalue weighted by Crippen LogP contribution is -2.44. The number of alkyl carbamates (subject to hydrolysis) is 1. The second-order valence-electron chi connectivity index (χ2n) is 12.5. The lowest BCUT2D eigenvalue weighted by Gasteiger charge is -2.27. The maximum absolute atomic E-state index is 13.4. The highest BCUT2D eigenvalue weighted by molar-refractivity contribution is 7.98. The number of benzene rings is 2. The molecule has 0 aliphatic heterocycles.